The van der Waals surface area contributed by atoms with Crippen molar-refractivity contribution >= 4 is 35.6 Å². The van der Waals surface area contributed by atoms with Gasteiger partial charge in [0.15, 0.2) is 5.96 Å². The summed E-state index contributed by atoms with van der Waals surface area (Å²) in [4.78, 5) is 17.4. The summed E-state index contributed by atoms with van der Waals surface area (Å²) >= 11 is 0. The van der Waals surface area contributed by atoms with Crippen molar-refractivity contribution in [3.05, 3.63) is 69.8 Å². The van der Waals surface area contributed by atoms with Gasteiger partial charge in [-0.25, -0.2) is 0 Å². The van der Waals surface area contributed by atoms with Crippen molar-refractivity contribution in [2.75, 3.05) is 33.8 Å². The lowest BCUT2D eigenvalue weighted by molar-refractivity contribution is -0.384. The molecule has 1 aliphatic rings. The smallest absolute Gasteiger partial charge is 0.269 e. The first-order chi connectivity index (χ1) is 14.6. The molecule has 1 fully saturated rings. The van der Waals surface area contributed by atoms with Crippen LogP contribution in [0.15, 0.2) is 53.5 Å². The molecular weight excluding hydrogens is 509 g/mol. The normalized spacial score (nSPS) is 15.1. The fraction of sp³-hybridized carbons (Fsp3) is 0.409. The molecule has 2 aromatic rings. The minimum absolute atomic E-state index is 0. The van der Waals surface area contributed by atoms with Gasteiger partial charge in [0.05, 0.1) is 18.1 Å². The van der Waals surface area contributed by atoms with Gasteiger partial charge in [-0.2, -0.15) is 0 Å². The minimum atomic E-state index is -0.384. The Morgan fingerprint density at radius 3 is 2.61 bits per heavy atom. The van der Waals surface area contributed by atoms with Gasteiger partial charge in [-0.1, -0.05) is 24.3 Å². The molecule has 1 saturated heterocycles. The Kier molecular flexibility index (Phi) is 9.99. The molecule has 168 valence electrons. The number of rotatable bonds is 8. The highest BCUT2D eigenvalue weighted by Gasteiger charge is 2.24. The van der Waals surface area contributed by atoms with E-state index >= 15 is 0 Å². The third-order valence-electron chi connectivity index (χ3n) is 5.33. The molecule has 1 heterocycles. The second-order valence-electron chi connectivity index (χ2n) is 7.27. The highest BCUT2D eigenvalue weighted by atomic mass is 127. The van der Waals surface area contributed by atoms with Crippen LogP contribution in [0.3, 0.4) is 0 Å². The Morgan fingerprint density at radius 2 is 1.94 bits per heavy atom. The fourth-order valence-corrected chi connectivity index (χ4v) is 3.74. The Labute approximate surface area is 200 Å². The van der Waals surface area contributed by atoms with Crippen LogP contribution in [0.5, 0.6) is 5.75 Å². The summed E-state index contributed by atoms with van der Waals surface area (Å²) in [6, 6.07) is 15.0. The summed E-state index contributed by atoms with van der Waals surface area (Å²) in [5, 5.41) is 17.6. The first-order valence-corrected chi connectivity index (χ1v) is 10.2. The number of benzene rings is 2. The zero-order valence-corrected chi connectivity index (χ0v) is 20.2. The maximum atomic E-state index is 11.0. The van der Waals surface area contributed by atoms with Gasteiger partial charge in [0.2, 0.25) is 0 Å². The molecule has 0 saturated carbocycles. The van der Waals surface area contributed by atoms with Gasteiger partial charge in [-0.05, 0) is 49.2 Å². The van der Waals surface area contributed by atoms with Gasteiger partial charge in [0.1, 0.15) is 5.75 Å². The number of ether oxygens (including phenoxy) is 1. The number of non-ortho nitro benzene ring substituents is 1. The molecule has 2 N–H and O–H groups in total. The summed E-state index contributed by atoms with van der Waals surface area (Å²) in [5.74, 6) is 1.51. The molecule has 8 nitrogen and oxygen atoms in total. The lowest BCUT2D eigenvalue weighted by Crippen LogP contribution is -2.42. The summed E-state index contributed by atoms with van der Waals surface area (Å²) < 4.78 is 5.41. The van der Waals surface area contributed by atoms with Crippen LogP contribution in [0, 0.1) is 10.1 Å². The van der Waals surface area contributed by atoms with E-state index in [4.69, 9.17) is 4.74 Å². The van der Waals surface area contributed by atoms with Gasteiger partial charge in [-0.15, -0.1) is 24.0 Å². The van der Waals surface area contributed by atoms with Crippen LogP contribution in [0.2, 0.25) is 0 Å². The molecule has 3 rings (SSSR count). The quantitative estimate of drug-likeness (QED) is 0.175. The van der Waals surface area contributed by atoms with E-state index in [0.717, 1.165) is 24.4 Å². The molecule has 0 aliphatic carbocycles. The van der Waals surface area contributed by atoms with Crippen LogP contribution in [0.1, 0.15) is 30.0 Å². The topological polar surface area (TPSA) is 92.0 Å². The number of nitro benzene ring substituents is 1. The van der Waals surface area contributed by atoms with Gasteiger partial charge in [0, 0.05) is 32.3 Å². The second kappa shape index (κ2) is 12.5. The number of nitro groups is 1. The van der Waals surface area contributed by atoms with Crippen LogP contribution < -0.4 is 15.4 Å². The number of aliphatic imine (C=N–C) groups is 1. The van der Waals surface area contributed by atoms with Crippen molar-refractivity contribution in [3.8, 4) is 5.75 Å². The summed E-state index contributed by atoms with van der Waals surface area (Å²) in [7, 11) is 3.40. The van der Waals surface area contributed by atoms with Crippen molar-refractivity contribution in [1.82, 2.24) is 15.5 Å². The molecule has 1 atom stereocenters. The summed E-state index contributed by atoms with van der Waals surface area (Å²) in [6.07, 6.45) is 2.42. The molecular formula is C22H30IN5O3. The number of nitrogens with one attached hydrogen (secondary N) is 2. The Bertz CT molecular complexity index is 887. The van der Waals surface area contributed by atoms with Crippen LogP contribution in [0.25, 0.3) is 0 Å². The number of methoxy groups -OCH3 is 1. The highest BCUT2D eigenvalue weighted by Crippen LogP contribution is 2.27. The van der Waals surface area contributed by atoms with Crippen molar-refractivity contribution in [2.45, 2.75) is 25.4 Å². The molecule has 9 heteroatoms. The number of hydrogen-bond acceptors (Lipinski definition) is 5. The number of hydrogen-bond donors (Lipinski definition) is 2. The lowest BCUT2D eigenvalue weighted by Gasteiger charge is -2.29. The van der Waals surface area contributed by atoms with Crippen LogP contribution in [-0.4, -0.2) is 49.6 Å². The van der Waals surface area contributed by atoms with Gasteiger partial charge in [0.25, 0.3) is 5.69 Å². The molecule has 0 amide bonds. The molecule has 0 bridgehead atoms. The van der Waals surface area contributed by atoms with E-state index in [1.807, 2.05) is 18.2 Å². The first kappa shape index (κ1) is 24.9. The zero-order chi connectivity index (χ0) is 21.3. The zero-order valence-electron chi connectivity index (χ0n) is 17.9. The van der Waals surface area contributed by atoms with Crippen LogP contribution in [0.4, 0.5) is 5.69 Å². The number of guanidine groups is 1. The van der Waals surface area contributed by atoms with E-state index in [-0.39, 0.29) is 40.6 Å². The standard InChI is InChI=1S/C22H29N5O3.HI/c1-23-22(24-15-17-7-5-9-19(13-17)27(28)29)25-16-21(26-11-3-4-12-26)18-8-6-10-20(14-18)30-2;/h5-10,13-14,21H,3-4,11-12,15-16H2,1-2H3,(H2,23,24,25);1H. The third kappa shape index (κ3) is 7.06. The number of halogens is 1. The second-order valence-corrected chi connectivity index (χ2v) is 7.27. The SMILES string of the molecule is CN=C(NCc1cccc([N+](=O)[O-])c1)NCC(c1cccc(OC)c1)N1CCCC1.I. The molecule has 1 unspecified atom stereocenters. The monoisotopic (exact) mass is 539 g/mol. The van der Waals surface area contributed by atoms with Gasteiger partial charge >= 0.3 is 0 Å². The van der Waals surface area contributed by atoms with E-state index in [2.05, 4.69) is 32.7 Å². The molecule has 31 heavy (non-hydrogen) atoms. The maximum Gasteiger partial charge on any atom is 0.269 e. The van der Waals surface area contributed by atoms with Crippen molar-refractivity contribution in [1.29, 1.82) is 0 Å². The van der Waals surface area contributed by atoms with Gasteiger partial charge in [-0.3, -0.25) is 20.0 Å². The molecule has 2 aromatic carbocycles. The number of nitrogens with zero attached hydrogens (tertiary/aromatic N) is 3. The maximum absolute atomic E-state index is 11.0. The van der Waals surface area contributed by atoms with E-state index < -0.39 is 0 Å². The highest BCUT2D eigenvalue weighted by molar-refractivity contribution is 14.0. The Balaban J connectivity index is 0.00000341. The van der Waals surface area contributed by atoms with Crippen molar-refractivity contribution in [2.24, 2.45) is 4.99 Å². The Morgan fingerprint density at radius 1 is 1.19 bits per heavy atom. The van der Waals surface area contributed by atoms with E-state index in [0.29, 0.717) is 19.0 Å². The lowest BCUT2D eigenvalue weighted by atomic mass is 10.1. The largest absolute Gasteiger partial charge is 0.497 e. The fourth-order valence-electron chi connectivity index (χ4n) is 3.74. The van der Waals surface area contributed by atoms with Crippen LogP contribution in [-0.2, 0) is 6.54 Å². The Hall–Kier alpha value is -2.40. The molecule has 1 aliphatic heterocycles. The molecule has 0 radical (unpaired) electrons. The van der Waals surface area contributed by atoms with Crippen LogP contribution >= 0.6 is 24.0 Å². The average molecular weight is 539 g/mol. The van der Waals surface area contributed by atoms with Crippen molar-refractivity contribution in [3.63, 3.8) is 0 Å². The third-order valence-corrected chi connectivity index (χ3v) is 5.33. The predicted molar refractivity (Wildman–Crippen MR) is 133 cm³/mol. The van der Waals surface area contributed by atoms with E-state index in [1.54, 1.807) is 26.3 Å². The first-order valence-electron chi connectivity index (χ1n) is 10.2. The summed E-state index contributed by atoms with van der Waals surface area (Å²) in [6.45, 7) is 3.29. The van der Waals surface area contributed by atoms with E-state index in [9.17, 15) is 10.1 Å². The predicted octanol–water partition coefficient (Wildman–Crippen LogP) is 3.72. The number of likely N-dealkylation sites (tertiary alicyclic amines) is 1. The van der Waals surface area contributed by atoms with Crippen molar-refractivity contribution < 1.29 is 9.66 Å². The van der Waals surface area contributed by atoms with E-state index in [1.165, 1.54) is 24.5 Å². The van der Waals surface area contributed by atoms with Gasteiger partial charge < -0.3 is 15.4 Å². The minimum Gasteiger partial charge on any atom is -0.497 e. The average Bonchev–Trinajstić information content (AvgIpc) is 3.31. The summed E-state index contributed by atoms with van der Waals surface area (Å²) in [5.41, 5.74) is 2.12. The molecule has 0 spiro atoms. The molecule has 0 aromatic heterocycles.